The molecule has 180 valence electrons. The van der Waals surface area contributed by atoms with Gasteiger partial charge in [0.1, 0.15) is 17.3 Å². The third-order valence-corrected chi connectivity index (χ3v) is 6.07. The summed E-state index contributed by atoms with van der Waals surface area (Å²) in [7, 11) is 3.27. The van der Waals surface area contributed by atoms with Crippen molar-refractivity contribution in [2.24, 2.45) is 0 Å². The molecular weight excluding hydrogens is 448 g/mol. The van der Waals surface area contributed by atoms with Crippen molar-refractivity contribution in [2.45, 2.75) is 26.8 Å². The van der Waals surface area contributed by atoms with Crippen LogP contribution in [0.2, 0.25) is 0 Å². The largest absolute Gasteiger partial charge is 0.496 e. The van der Waals surface area contributed by atoms with Crippen molar-refractivity contribution in [3.8, 4) is 28.6 Å². The van der Waals surface area contributed by atoms with Crippen LogP contribution in [0.4, 0.5) is 0 Å². The molecule has 0 bridgehead atoms. The predicted molar refractivity (Wildman–Crippen MR) is 129 cm³/mol. The Morgan fingerprint density at radius 3 is 2.57 bits per heavy atom. The summed E-state index contributed by atoms with van der Waals surface area (Å²) < 4.78 is 25.9. The van der Waals surface area contributed by atoms with Crippen molar-refractivity contribution >= 4 is 21.9 Å². The molecule has 0 saturated heterocycles. The first-order valence-electron chi connectivity index (χ1n) is 11.3. The summed E-state index contributed by atoms with van der Waals surface area (Å²) >= 11 is 0. The Labute approximate surface area is 202 Å². The Hall–Kier alpha value is -4.11. The van der Waals surface area contributed by atoms with E-state index in [0.29, 0.717) is 40.9 Å². The molecule has 0 spiro atoms. The van der Waals surface area contributed by atoms with E-state index in [1.54, 1.807) is 20.4 Å². The first kappa shape index (κ1) is 22.7. The number of ether oxygens (including phenoxy) is 3. The van der Waals surface area contributed by atoms with Gasteiger partial charge in [-0.25, -0.2) is 0 Å². The van der Waals surface area contributed by atoms with Crippen LogP contribution in [0, 0.1) is 13.8 Å². The Kier molecular flexibility index (Phi) is 5.78. The van der Waals surface area contributed by atoms with Crippen LogP contribution in [0.25, 0.3) is 33.1 Å². The van der Waals surface area contributed by atoms with Crippen LogP contribution in [0.15, 0.2) is 53.2 Å². The highest BCUT2D eigenvalue weighted by Gasteiger charge is 2.27. The molecule has 2 aromatic carbocycles. The van der Waals surface area contributed by atoms with Gasteiger partial charge < -0.3 is 18.7 Å². The molecule has 0 aliphatic heterocycles. The smallest absolute Gasteiger partial charge is 0.303 e. The van der Waals surface area contributed by atoms with Crippen molar-refractivity contribution in [3.63, 3.8) is 0 Å². The number of rotatable bonds is 7. The van der Waals surface area contributed by atoms with Crippen LogP contribution in [-0.2, 0) is 4.74 Å². The standard InChI is InChI=1S/C26H27N4O5/c1-15(14-32-4)30-25-19-12-23(33-5)20(24-16(2)28-35-17(24)3)11-22(19)29(31)13-21(25)27-26(30)34-18-9-7-6-8-10-18/h6-13,15,31H,14H2,1-5H3/q+1/t15-/m1/s1. The quantitative estimate of drug-likeness (QED) is 0.262. The fraction of sp³-hybridized carbons (Fsp3) is 0.269. The number of benzene rings is 2. The van der Waals surface area contributed by atoms with Gasteiger partial charge in [-0.3, -0.25) is 9.77 Å². The molecule has 5 rings (SSSR count). The second-order valence-electron chi connectivity index (χ2n) is 8.46. The minimum absolute atomic E-state index is 0.102. The number of pyridine rings is 1. The van der Waals surface area contributed by atoms with E-state index in [1.165, 1.54) is 0 Å². The minimum Gasteiger partial charge on any atom is -0.496 e. The van der Waals surface area contributed by atoms with Gasteiger partial charge in [0.15, 0.2) is 5.52 Å². The molecule has 9 nitrogen and oxygen atoms in total. The molecule has 0 fully saturated rings. The average Bonchev–Trinajstić information content (AvgIpc) is 3.37. The zero-order chi connectivity index (χ0) is 24.7. The van der Waals surface area contributed by atoms with E-state index in [0.717, 1.165) is 32.5 Å². The van der Waals surface area contributed by atoms with Crippen molar-refractivity contribution < 1.29 is 28.7 Å². The number of imidazole rings is 1. The number of fused-ring (bicyclic) bond motifs is 3. The van der Waals surface area contributed by atoms with E-state index in [9.17, 15) is 5.21 Å². The van der Waals surface area contributed by atoms with Gasteiger partial charge in [0.05, 0.1) is 41.9 Å². The van der Waals surface area contributed by atoms with E-state index in [2.05, 4.69) is 5.16 Å². The Morgan fingerprint density at radius 1 is 1.14 bits per heavy atom. The summed E-state index contributed by atoms with van der Waals surface area (Å²) in [5.74, 6) is 1.95. The van der Waals surface area contributed by atoms with E-state index < -0.39 is 0 Å². The van der Waals surface area contributed by atoms with Crippen molar-refractivity contribution in [3.05, 3.63) is 60.1 Å². The summed E-state index contributed by atoms with van der Waals surface area (Å²) in [5, 5.41) is 15.8. The highest BCUT2D eigenvalue weighted by atomic mass is 16.5. The third-order valence-electron chi connectivity index (χ3n) is 6.07. The van der Waals surface area contributed by atoms with Crippen LogP contribution in [0.1, 0.15) is 24.4 Å². The summed E-state index contributed by atoms with van der Waals surface area (Å²) in [4.78, 5) is 4.72. The van der Waals surface area contributed by atoms with Gasteiger partial charge in [-0.1, -0.05) is 23.4 Å². The molecule has 5 aromatic rings. The minimum atomic E-state index is -0.102. The molecule has 0 aliphatic carbocycles. The lowest BCUT2D eigenvalue weighted by Crippen LogP contribution is -2.30. The van der Waals surface area contributed by atoms with Gasteiger partial charge in [0.2, 0.25) is 0 Å². The van der Waals surface area contributed by atoms with Gasteiger partial charge in [0.25, 0.3) is 11.7 Å². The molecular formula is C26H27N4O5+. The first-order chi connectivity index (χ1) is 16.9. The molecule has 3 heterocycles. The highest BCUT2D eigenvalue weighted by molar-refractivity contribution is 6.03. The Bertz CT molecular complexity index is 1500. The van der Waals surface area contributed by atoms with E-state index in [4.69, 9.17) is 23.7 Å². The Morgan fingerprint density at radius 2 is 1.91 bits per heavy atom. The second kappa shape index (κ2) is 8.92. The van der Waals surface area contributed by atoms with Crippen LogP contribution < -0.4 is 14.2 Å². The maximum Gasteiger partial charge on any atom is 0.303 e. The van der Waals surface area contributed by atoms with Gasteiger partial charge >= 0.3 is 6.01 Å². The lowest BCUT2D eigenvalue weighted by atomic mass is 10.0. The zero-order valence-electron chi connectivity index (χ0n) is 20.3. The topological polar surface area (TPSA) is 95.7 Å². The highest BCUT2D eigenvalue weighted by Crippen LogP contribution is 2.40. The SMILES string of the molecule is COC[C@@H](C)n1c(Oc2ccccc2)nc2c[n+](O)c3cc(-c4c(C)noc4C)c(OC)cc3c21. The number of aromatic nitrogens is 4. The fourth-order valence-electron chi connectivity index (χ4n) is 4.54. The molecule has 3 aromatic heterocycles. The summed E-state index contributed by atoms with van der Waals surface area (Å²) in [6, 6.07) is 13.5. The molecule has 0 amide bonds. The van der Waals surface area contributed by atoms with Crippen LogP contribution in [0.5, 0.6) is 17.5 Å². The third kappa shape index (κ3) is 3.83. The number of methoxy groups -OCH3 is 2. The van der Waals surface area contributed by atoms with Crippen molar-refractivity contribution in [1.29, 1.82) is 0 Å². The van der Waals surface area contributed by atoms with Gasteiger partial charge in [-0.2, -0.15) is 4.98 Å². The number of hydrogen-bond acceptors (Lipinski definition) is 7. The van der Waals surface area contributed by atoms with Gasteiger partial charge in [-0.05, 0) is 39.0 Å². The maximum absolute atomic E-state index is 10.9. The molecule has 0 saturated carbocycles. The second-order valence-corrected chi connectivity index (χ2v) is 8.46. The summed E-state index contributed by atoms with van der Waals surface area (Å²) in [6.45, 7) is 6.20. The maximum atomic E-state index is 10.9. The van der Waals surface area contributed by atoms with Crippen LogP contribution in [-0.4, -0.2) is 40.7 Å². The summed E-state index contributed by atoms with van der Waals surface area (Å²) in [5.41, 5.74) is 4.28. The van der Waals surface area contributed by atoms with Crippen molar-refractivity contribution in [1.82, 2.24) is 14.7 Å². The first-order valence-corrected chi connectivity index (χ1v) is 11.3. The monoisotopic (exact) mass is 475 g/mol. The van der Waals surface area contributed by atoms with Crippen molar-refractivity contribution in [2.75, 3.05) is 20.8 Å². The number of para-hydroxylation sites is 1. The molecule has 0 aliphatic rings. The van der Waals surface area contributed by atoms with E-state index in [1.807, 2.05) is 67.8 Å². The molecule has 1 N–H and O–H groups in total. The fourth-order valence-corrected chi connectivity index (χ4v) is 4.54. The average molecular weight is 476 g/mol. The van der Waals surface area contributed by atoms with E-state index >= 15 is 0 Å². The Balaban J connectivity index is 1.82. The summed E-state index contributed by atoms with van der Waals surface area (Å²) in [6.07, 6.45) is 1.58. The molecule has 35 heavy (non-hydrogen) atoms. The molecule has 1 atom stereocenters. The normalized spacial score (nSPS) is 12.4. The predicted octanol–water partition coefficient (Wildman–Crippen LogP) is 4.99. The lowest BCUT2D eigenvalue weighted by Gasteiger charge is -2.17. The van der Waals surface area contributed by atoms with Crippen LogP contribution in [0.3, 0.4) is 0 Å². The molecule has 0 radical (unpaired) electrons. The van der Waals surface area contributed by atoms with Gasteiger partial charge in [-0.15, -0.1) is 0 Å². The molecule has 0 unspecified atom stereocenters. The van der Waals surface area contributed by atoms with Crippen LogP contribution >= 0.6 is 0 Å². The number of hydrogen-bond donors (Lipinski definition) is 1. The molecule has 9 heteroatoms. The van der Waals surface area contributed by atoms with Gasteiger partial charge in [0, 0.05) is 23.5 Å². The lowest BCUT2D eigenvalue weighted by molar-refractivity contribution is -0.883. The number of aryl methyl sites for hydroxylation is 2. The van der Waals surface area contributed by atoms with E-state index in [-0.39, 0.29) is 6.04 Å². The zero-order valence-corrected chi connectivity index (χ0v) is 20.3. The number of nitrogens with zero attached hydrogens (tertiary/aromatic N) is 4.